The van der Waals surface area contributed by atoms with Gasteiger partial charge in [0.25, 0.3) is 0 Å². The van der Waals surface area contributed by atoms with E-state index in [4.69, 9.17) is 28.4 Å². The van der Waals surface area contributed by atoms with Crippen LogP contribution in [0, 0.1) is 17.8 Å². The van der Waals surface area contributed by atoms with Crippen molar-refractivity contribution >= 4 is 46.2 Å². The molecule has 3 aromatic carbocycles. The van der Waals surface area contributed by atoms with Gasteiger partial charge in [-0.1, -0.05) is 275 Å². The Hall–Kier alpha value is -4.48. The topological polar surface area (TPSA) is 55.4 Å². The molecule has 0 atom stereocenters. The number of benzene rings is 3. The first-order chi connectivity index (χ1) is 53.9. The SMILES string of the molecule is C=Cc1cc(COCCCCCCCCCCOc2ccc(C3CCC(CCCCC)CC3)cc2)c(-c2cc(COCCCCCCCCCCOc3ccc(C4CCC(CCCCC)CC4)cc3)c(-c3cc(COCCCCCCCCCCOc4ccc(C5CCC(CCCCC)CC5)cc4)c(C=C)s3)s2)s1. The van der Waals surface area contributed by atoms with E-state index in [-0.39, 0.29) is 0 Å². The molecule has 3 aliphatic rings. The zero-order valence-corrected chi connectivity index (χ0v) is 71.6. The third kappa shape index (κ3) is 33.5. The fourth-order valence-electron chi connectivity index (χ4n) is 17.7. The largest absolute Gasteiger partial charge is 0.494 e. The molecule has 0 radical (unpaired) electrons. The molecule has 0 N–H and O–H groups in total. The Labute approximate surface area is 677 Å². The molecule has 9 heteroatoms. The molecule has 3 aromatic heterocycles. The standard InChI is InChI=1S/C100H150O6S3/c1-6-11-32-41-80-44-50-83(51-45-80)86-56-62-92(63-57-86)104-71-38-29-23-17-14-20-26-35-68-101-77-89-75-97(108-96(89)10-5)100-91(79-103-70-37-28-22-16-19-25-31-40-73-106-94-66-60-88(61-67-94)85-54-48-82(49-55-85)43-34-13-8-3)76-98(109-100)99-90(74-95(9-4)107-99)78-102-69-36-27-21-15-18-24-30-39-72-105-93-64-58-87(59-65-93)84-52-46-81(47-53-84)42-33-12-7-2/h9-10,56-67,74-76,80-85H,4-8,11-55,68-73,77-79H2,1-3H3. The van der Waals surface area contributed by atoms with E-state index in [0.717, 1.165) is 131 Å². The second-order valence-corrected chi connectivity index (χ2v) is 36.6. The van der Waals surface area contributed by atoms with Gasteiger partial charge in [0, 0.05) is 39.3 Å². The lowest BCUT2D eigenvalue weighted by Crippen LogP contribution is -2.13. The van der Waals surface area contributed by atoms with Gasteiger partial charge in [0.05, 0.1) is 49.4 Å². The van der Waals surface area contributed by atoms with Gasteiger partial charge in [-0.3, -0.25) is 0 Å². The van der Waals surface area contributed by atoms with Crippen LogP contribution in [-0.4, -0.2) is 39.6 Å². The summed E-state index contributed by atoms with van der Waals surface area (Å²) in [6, 6.07) is 34.4. The first kappa shape index (κ1) is 88.5. The van der Waals surface area contributed by atoms with E-state index in [1.807, 2.05) is 46.2 Å². The molecule has 0 saturated heterocycles. The Morgan fingerprint density at radius 1 is 0.303 bits per heavy atom. The van der Waals surface area contributed by atoms with Crippen LogP contribution in [0.15, 0.2) is 104 Å². The van der Waals surface area contributed by atoms with E-state index in [1.54, 1.807) is 0 Å². The highest BCUT2D eigenvalue weighted by Gasteiger charge is 2.26. The van der Waals surface area contributed by atoms with Gasteiger partial charge in [-0.05, 0) is 239 Å². The summed E-state index contributed by atoms with van der Waals surface area (Å²) >= 11 is 5.57. The highest BCUT2D eigenvalue weighted by atomic mass is 32.1. The van der Waals surface area contributed by atoms with Crippen LogP contribution < -0.4 is 14.2 Å². The van der Waals surface area contributed by atoms with Crippen molar-refractivity contribution in [1.29, 1.82) is 0 Å². The lowest BCUT2D eigenvalue weighted by molar-refractivity contribution is 0.117. The Morgan fingerprint density at radius 2 is 0.596 bits per heavy atom. The van der Waals surface area contributed by atoms with Gasteiger partial charge in [0.15, 0.2) is 0 Å². The molecule has 0 bridgehead atoms. The average Bonchev–Trinajstić information content (AvgIpc) is 1.64. The minimum absolute atomic E-state index is 0.601. The Balaban J connectivity index is 0.654. The highest BCUT2D eigenvalue weighted by Crippen LogP contribution is 2.47. The molecule has 109 heavy (non-hydrogen) atoms. The maximum atomic E-state index is 6.60. The van der Waals surface area contributed by atoms with E-state index >= 15 is 0 Å². The number of ether oxygens (including phenoxy) is 6. The normalized spacial score (nSPS) is 18.2. The molecule has 604 valence electrons. The van der Waals surface area contributed by atoms with Crippen molar-refractivity contribution in [2.75, 3.05) is 39.6 Å². The van der Waals surface area contributed by atoms with Crippen LogP contribution in [0.3, 0.4) is 0 Å². The number of thiophene rings is 3. The van der Waals surface area contributed by atoms with Crippen LogP contribution in [0.2, 0.25) is 0 Å². The molecule has 3 aliphatic carbocycles. The third-order valence-corrected chi connectivity index (χ3v) is 28.6. The maximum absolute atomic E-state index is 6.60. The lowest BCUT2D eigenvalue weighted by Gasteiger charge is -2.29. The van der Waals surface area contributed by atoms with Crippen molar-refractivity contribution in [2.45, 2.75) is 367 Å². The minimum atomic E-state index is 0.601. The van der Waals surface area contributed by atoms with Crippen molar-refractivity contribution in [3.63, 3.8) is 0 Å². The van der Waals surface area contributed by atoms with Crippen LogP contribution in [0.5, 0.6) is 17.2 Å². The predicted octanol–water partition coefficient (Wildman–Crippen LogP) is 32.2. The number of hydrogen-bond acceptors (Lipinski definition) is 9. The monoisotopic (exact) mass is 1540 g/mol. The summed E-state index contributed by atoms with van der Waals surface area (Å²) in [5, 5.41) is 0. The Kier molecular flexibility index (Phi) is 44.1. The molecule has 6 nitrogen and oxygen atoms in total. The second kappa shape index (κ2) is 54.3. The first-order valence-electron chi connectivity index (χ1n) is 45.4. The quantitative estimate of drug-likeness (QED) is 0.0355. The molecular weight excluding hydrogens is 1390 g/mol. The number of hydrogen-bond donors (Lipinski definition) is 0. The molecule has 0 unspecified atom stereocenters. The Bertz CT molecular complexity index is 3280. The van der Waals surface area contributed by atoms with E-state index in [0.29, 0.717) is 19.8 Å². The van der Waals surface area contributed by atoms with Gasteiger partial charge in [-0.25, -0.2) is 0 Å². The van der Waals surface area contributed by atoms with Gasteiger partial charge in [0.1, 0.15) is 17.2 Å². The maximum Gasteiger partial charge on any atom is 0.119 e. The molecule has 3 fully saturated rings. The fraction of sp³-hybridized carbons (Fsp3) is 0.660. The van der Waals surface area contributed by atoms with Gasteiger partial charge in [-0.15, -0.1) is 34.0 Å². The van der Waals surface area contributed by atoms with E-state index in [2.05, 4.69) is 125 Å². The first-order valence-corrected chi connectivity index (χ1v) is 47.9. The summed E-state index contributed by atoms with van der Waals surface area (Å²) in [4.78, 5) is 7.53. The van der Waals surface area contributed by atoms with Crippen LogP contribution in [0.25, 0.3) is 31.7 Å². The van der Waals surface area contributed by atoms with Crippen LogP contribution in [-0.2, 0) is 34.0 Å². The highest BCUT2D eigenvalue weighted by molar-refractivity contribution is 7.27. The van der Waals surface area contributed by atoms with E-state index < -0.39 is 0 Å². The van der Waals surface area contributed by atoms with Crippen molar-refractivity contribution in [1.82, 2.24) is 0 Å². The van der Waals surface area contributed by atoms with Crippen molar-refractivity contribution in [2.24, 2.45) is 17.8 Å². The summed E-state index contributed by atoms with van der Waals surface area (Å²) in [7, 11) is 0. The number of rotatable bonds is 61. The molecule has 0 spiro atoms. The van der Waals surface area contributed by atoms with Gasteiger partial charge >= 0.3 is 0 Å². The minimum Gasteiger partial charge on any atom is -0.494 e. The Morgan fingerprint density at radius 3 is 0.927 bits per heavy atom. The third-order valence-electron chi connectivity index (χ3n) is 24.7. The van der Waals surface area contributed by atoms with E-state index in [1.165, 1.54) is 332 Å². The summed E-state index contributed by atoms with van der Waals surface area (Å²) in [5.41, 5.74) is 8.30. The van der Waals surface area contributed by atoms with Crippen LogP contribution >= 0.6 is 34.0 Å². The fourth-order valence-corrected chi connectivity index (χ4v) is 21.2. The molecule has 0 amide bonds. The number of unbranched alkanes of at least 4 members (excludes halogenated alkanes) is 27. The molecular formula is C100H150O6S3. The molecule has 6 aromatic rings. The smallest absolute Gasteiger partial charge is 0.119 e. The zero-order chi connectivity index (χ0) is 75.8. The van der Waals surface area contributed by atoms with Crippen LogP contribution in [0.1, 0.15) is 390 Å². The summed E-state index contributed by atoms with van der Waals surface area (Å²) in [6.07, 6.45) is 66.8. The molecule has 0 aliphatic heterocycles. The lowest BCUT2D eigenvalue weighted by atomic mass is 9.77. The summed E-state index contributed by atoms with van der Waals surface area (Å²) in [6.45, 7) is 22.1. The van der Waals surface area contributed by atoms with E-state index in [9.17, 15) is 0 Å². The average molecular weight is 1540 g/mol. The van der Waals surface area contributed by atoms with Gasteiger partial charge in [-0.2, -0.15) is 0 Å². The van der Waals surface area contributed by atoms with Crippen molar-refractivity contribution in [3.8, 4) is 36.8 Å². The van der Waals surface area contributed by atoms with Crippen molar-refractivity contribution in [3.05, 3.63) is 147 Å². The summed E-state index contributed by atoms with van der Waals surface area (Å²) < 4.78 is 38.1. The predicted molar refractivity (Wildman–Crippen MR) is 473 cm³/mol. The van der Waals surface area contributed by atoms with Gasteiger partial charge in [0.2, 0.25) is 0 Å². The molecule has 3 heterocycles. The van der Waals surface area contributed by atoms with Crippen LogP contribution in [0.4, 0.5) is 0 Å². The van der Waals surface area contributed by atoms with Crippen molar-refractivity contribution < 1.29 is 28.4 Å². The summed E-state index contributed by atoms with van der Waals surface area (Å²) in [5.74, 6) is 8.18. The zero-order valence-electron chi connectivity index (χ0n) is 69.2. The van der Waals surface area contributed by atoms with Gasteiger partial charge < -0.3 is 28.4 Å². The molecule has 9 rings (SSSR count). The molecule has 3 saturated carbocycles. The second-order valence-electron chi connectivity index (χ2n) is 33.4.